The first-order valence-electron chi connectivity index (χ1n) is 5.53. The zero-order valence-electron chi connectivity index (χ0n) is 9.83. The van der Waals surface area contributed by atoms with E-state index in [0.29, 0.717) is 6.04 Å². The zero-order valence-corrected chi connectivity index (χ0v) is 9.83. The van der Waals surface area contributed by atoms with Crippen LogP contribution in [-0.2, 0) is 0 Å². The number of aliphatic hydroxyl groups is 1. The highest BCUT2D eigenvalue weighted by molar-refractivity contribution is 5.09. The van der Waals surface area contributed by atoms with E-state index in [1.807, 2.05) is 0 Å². The smallest absolute Gasteiger partial charge is 0.0609 e. The molecule has 1 aliphatic carbocycles. The van der Waals surface area contributed by atoms with Crippen LogP contribution >= 0.6 is 0 Å². The molecule has 3 unspecified atom stereocenters. The molecular formula is C12H23NO. The highest BCUT2D eigenvalue weighted by Gasteiger charge is 2.40. The summed E-state index contributed by atoms with van der Waals surface area (Å²) in [4.78, 5) is 2.20. The number of hydrogen-bond donors (Lipinski definition) is 1. The zero-order chi connectivity index (χ0) is 10.8. The molecule has 3 atom stereocenters. The van der Waals surface area contributed by atoms with Gasteiger partial charge in [0.1, 0.15) is 0 Å². The maximum atomic E-state index is 10.1. The Labute approximate surface area is 87.6 Å². The van der Waals surface area contributed by atoms with Crippen LogP contribution in [0.2, 0.25) is 0 Å². The van der Waals surface area contributed by atoms with E-state index in [1.165, 1.54) is 0 Å². The van der Waals surface area contributed by atoms with Crippen molar-refractivity contribution >= 4 is 0 Å². The molecule has 0 aromatic carbocycles. The number of allylic oxidation sites excluding steroid dienone is 1. The van der Waals surface area contributed by atoms with Crippen LogP contribution in [0, 0.1) is 5.41 Å². The minimum Gasteiger partial charge on any atom is -0.392 e. The van der Waals surface area contributed by atoms with Gasteiger partial charge in [-0.2, -0.15) is 0 Å². The Balaban J connectivity index is 2.88. The number of aliphatic hydroxyl groups excluding tert-OH is 1. The van der Waals surface area contributed by atoms with E-state index in [1.54, 1.807) is 0 Å². The molecule has 0 amide bonds. The fourth-order valence-electron chi connectivity index (χ4n) is 2.58. The molecule has 0 aromatic rings. The molecule has 0 saturated heterocycles. The van der Waals surface area contributed by atoms with Crippen molar-refractivity contribution in [2.75, 3.05) is 14.1 Å². The molecule has 2 heteroatoms. The van der Waals surface area contributed by atoms with E-state index < -0.39 is 0 Å². The van der Waals surface area contributed by atoms with E-state index in [9.17, 15) is 5.11 Å². The molecule has 0 bridgehead atoms. The minimum atomic E-state index is -0.195. The Kier molecular flexibility index (Phi) is 3.73. The summed E-state index contributed by atoms with van der Waals surface area (Å²) in [6, 6.07) is 0.367. The fraction of sp³-hybridized carbons (Fsp3) is 0.833. The van der Waals surface area contributed by atoms with Crippen molar-refractivity contribution < 1.29 is 5.11 Å². The normalized spacial score (nSPS) is 34.9. The first kappa shape index (κ1) is 11.7. The quantitative estimate of drug-likeness (QED) is 0.700. The second kappa shape index (κ2) is 4.45. The average Bonchev–Trinajstić information content (AvgIpc) is 2.16. The van der Waals surface area contributed by atoms with Crippen molar-refractivity contribution in [2.45, 2.75) is 45.3 Å². The molecule has 0 aromatic heterocycles. The first-order chi connectivity index (χ1) is 6.52. The van der Waals surface area contributed by atoms with Gasteiger partial charge >= 0.3 is 0 Å². The minimum absolute atomic E-state index is 0.0208. The predicted octanol–water partition coefficient (Wildman–Crippen LogP) is 2.04. The summed E-state index contributed by atoms with van der Waals surface area (Å²) in [5.41, 5.74) is 0.0208. The number of rotatable bonds is 3. The summed E-state index contributed by atoms with van der Waals surface area (Å²) >= 11 is 0. The van der Waals surface area contributed by atoms with Gasteiger partial charge in [-0.1, -0.05) is 26.0 Å². The summed E-state index contributed by atoms with van der Waals surface area (Å²) in [5, 5.41) is 10.1. The van der Waals surface area contributed by atoms with Crippen molar-refractivity contribution in [3.05, 3.63) is 12.2 Å². The fourth-order valence-corrected chi connectivity index (χ4v) is 2.58. The number of likely N-dealkylation sites (N-methyl/N-ethyl adjacent to an activating group) is 1. The Hall–Kier alpha value is -0.340. The third kappa shape index (κ3) is 2.01. The van der Waals surface area contributed by atoms with Crippen LogP contribution in [0.5, 0.6) is 0 Å². The molecular weight excluding hydrogens is 174 g/mol. The van der Waals surface area contributed by atoms with Gasteiger partial charge in [-0.25, -0.2) is 0 Å². The van der Waals surface area contributed by atoms with E-state index in [-0.39, 0.29) is 11.5 Å². The van der Waals surface area contributed by atoms with Crippen molar-refractivity contribution in [1.29, 1.82) is 0 Å². The van der Waals surface area contributed by atoms with Gasteiger partial charge in [0.25, 0.3) is 0 Å². The molecule has 0 radical (unpaired) electrons. The summed E-state index contributed by atoms with van der Waals surface area (Å²) in [6.45, 7) is 4.26. The Morgan fingerprint density at radius 1 is 1.57 bits per heavy atom. The van der Waals surface area contributed by atoms with Crippen LogP contribution in [0.15, 0.2) is 12.2 Å². The van der Waals surface area contributed by atoms with E-state index in [2.05, 4.69) is 45.0 Å². The Morgan fingerprint density at radius 3 is 2.71 bits per heavy atom. The molecule has 2 nitrogen and oxygen atoms in total. The van der Waals surface area contributed by atoms with Crippen LogP contribution in [0.1, 0.15) is 33.1 Å². The van der Waals surface area contributed by atoms with Gasteiger partial charge in [-0.15, -0.1) is 0 Å². The second-order valence-corrected chi connectivity index (χ2v) is 4.81. The molecule has 0 aliphatic heterocycles. The average molecular weight is 197 g/mol. The third-order valence-electron chi connectivity index (χ3n) is 3.55. The van der Waals surface area contributed by atoms with Gasteiger partial charge in [-0.3, -0.25) is 0 Å². The van der Waals surface area contributed by atoms with Crippen molar-refractivity contribution in [1.82, 2.24) is 4.90 Å². The van der Waals surface area contributed by atoms with Gasteiger partial charge in [0.15, 0.2) is 0 Å². The van der Waals surface area contributed by atoms with E-state index in [4.69, 9.17) is 0 Å². The SMILES string of the molecule is CCC(O)C1(C)CCC=CC1N(C)C. The summed E-state index contributed by atoms with van der Waals surface area (Å²) in [5.74, 6) is 0. The maximum absolute atomic E-state index is 10.1. The van der Waals surface area contributed by atoms with E-state index >= 15 is 0 Å². The van der Waals surface area contributed by atoms with Crippen LogP contribution in [0.4, 0.5) is 0 Å². The summed E-state index contributed by atoms with van der Waals surface area (Å²) in [6.07, 6.45) is 7.30. The van der Waals surface area contributed by atoms with Crippen molar-refractivity contribution in [2.24, 2.45) is 5.41 Å². The summed E-state index contributed by atoms with van der Waals surface area (Å²) < 4.78 is 0. The predicted molar refractivity (Wildman–Crippen MR) is 60.3 cm³/mol. The highest BCUT2D eigenvalue weighted by Crippen LogP contribution is 2.39. The van der Waals surface area contributed by atoms with Gasteiger partial charge < -0.3 is 10.0 Å². The molecule has 0 spiro atoms. The van der Waals surface area contributed by atoms with Gasteiger partial charge in [0.2, 0.25) is 0 Å². The molecule has 14 heavy (non-hydrogen) atoms. The van der Waals surface area contributed by atoms with Gasteiger partial charge in [0.05, 0.1) is 6.10 Å². The first-order valence-corrected chi connectivity index (χ1v) is 5.53. The van der Waals surface area contributed by atoms with Gasteiger partial charge in [0, 0.05) is 11.5 Å². The van der Waals surface area contributed by atoms with Crippen LogP contribution in [0.3, 0.4) is 0 Å². The summed E-state index contributed by atoms with van der Waals surface area (Å²) in [7, 11) is 4.17. The monoisotopic (exact) mass is 197 g/mol. The molecule has 0 saturated carbocycles. The second-order valence-electron chi connectivity index (χ2n) is 4.81. The lowest BCUT2D eigenvalue weighted by molar-refractivity contribution is -0.0165. The van der Waals surface area contributed by atoms with Crippen LogP contribution < -0.4 is 0 Å². The molecule has 1 N–H and O–H groups in total. The van der Waals surface area contributed by atoms with E-state index in [0.717, 1.165) is 19.3 Å². The third-order valence-corrected chi connectivity index (χ3v) is 3.55. The molecule has 0 fully saturated rings. The largest absolute Gasteiger partial charge is 0.392 e. The van der Waals surface area contributed by atoms with Crippen LogP contribution in [0.25, 0.3) is 0 Å². The Morgan fingerprint density at radius 2 is 2.21 bits per heavy atom. The molecule has 82 valence electrons. The molecule has 1 rings (SSSR count). The standard InChI is InChI=1S/C12H23NO/c1-5-11(14)12(2)9-7-6-8-10(12)13(3)4/h6,8,10-11,14H,5,7,9H2,1-4H3. The topological polar surface area (TPSA) is 23.5 Å². The lowest BCUT2D eigenvalue weighted by Crippen LogP contribution is -2.49. The highest BCUT2D eigenvalue weighted by atomic mass is 16.3. The Bertz CT molecular complexity index is 212. The maximum Gasteiger partial charge on any atom is 0.0609 e. The van der Waals surface area contributed by atoms with Crippen LogP contribution in [-0.4, -0.2) is 36.2 Å². The molecule has 1 aliphatic rings. The lowest BCUT2D eigenvalue weighted by Gasteiger charge is -2.45. The number of hydrogen-bond acceptors (Lipinski definition) is 2. The van der Waals surface area contributed by atoms with Gasteiger partial charge in [-0.05, 0) is 33.4 Å². The lowest BCUT2D eigenvalue weighted by atomic mass is 9.69. The molecule has 0 heterocycles. The van der Waals surface area contributed by atoms with Crippen molar-refractivity contribution in [3.8, 4) is 0 Å². The van der Waals surface area contributed by atoms with Crippen molar-refractivity contribution in [3.63, 3.8) is 0 Å². The number of nitrogens with zero attached hydrogens (tertiary/aromatic N) is 1.